The van der Waals surface area contributed by atoms with Crippen LogP contribution in [0.3, 0.4) is 0 Å². The Hall–Kier alpha value is -0.610. The van der Waals surface area contributed by atoms with Gasteiger partial charge >= 0.3 is 5.97 Å². The van der Waals surface area contributed by atoms with E-state index in [2.05, 4.69) is 9.64 Å². The molecule has 1 rings (SSSR count). The molecule has 4 nitrogen and oxygen atoms in total. The highest BCUT2D eigenvalue weighted by molar-refractivity contribution is 5.68. The highest BCUT2D eigenvalue weighted by Gasteiger charge is 2.13. The van der Waals surface area contributed by atoms with E-state index >= 15 is 0 Å². The number of esters is 1. The summed E-state index contributed by atoms with van der Waals surface area (Å²) in [5.41, 5.74) is 0. The summed E-state index contributed by atoms with van der Waals surface area (Å²) in [6.45, 7) is 3.19. The van der Waals surface area contributed by atoms with E-state index in [1.54, 1.807) is 0 Å². The van der Waals surface area contributed by atoms with Crippen LogP contribution in [0, 0.1) is 0 Å². The van der Waals surface area contributed by atoms with Crippen molar-refractivity contribution in [2.45, 2.75) is 76.7 Å². The number of methoxy groups -OCH3 is 1. The quantitative estimate of drug-likeness (QED) is 0.470. The summed E-state index contributed by atoms with van der Waals surface area (Å²) in [5.74, 6) is -0.101. The number of piperidine rings is 1. The third-order valence-corrected chi connectivity index (χ3v) is 4.31. The third-order valence-electron chi connectivity index (χ3n) is 4.31. The van der Waals surface area contributed by atoms with Crippen LogP contribution in [0.25, 0.3) is 0 Å². The van der Waals surface area contributed by atoms with Gasteiger partial charge in [0.15, 0.2) is 0 Å². The highest BCUT2D eigenvalue weighted by Crippen LogP contribution is 2.13. The predicted octanol–water partition coefficient (Wildman–Crippen LogP) is 3.13. The predicted molar refractivity (Wildman–Crippen MR) is 85.2 cm³/mol. The van der Waals surface area contributed by atoms with Gasteiger partial charge in [-0.05, 0) is 38.8 Å². The topological polar surface area (TPSA) is 49.8 Å². The van der Waals surface area contributed by atoms with Gasteiger partial charge in [0.1, 0.15) is 0 Å². The van der Waals surface area contributed by atoms with E-state index in [0.717, 1.165) is 45.3 Å². The van der Waals surface area contributed by atoms with E-state index in [4.69, 9.17) is 0 Å². The Morgan fingerprint density at radius 1 is 1.05 bits per heavy atom. The van der Waals surface area contributed by atoms with Crippen molar-refractivity contribution < 1.29 is 14.6 Å². The molecule has 0 aliphatic carbocycles. The minimum absolute atomic E-state index is 0.101. The summed E-state index contributed by atoms with van der Waals surface area (Å²) in [4.78, 5) is 13.3. The van der Waals surface area contributed by atoms with Crippen molar-refractivity contribution in [1.29, 1.82) is 0 Å². The van der Waals surface area contributed by atoms with Crippen molar-refractivity contribution in [2.24, 2.45) is 0 Å². The number of hydrogen-bond donors (Lipinski definition) is 1. The van der Waals surface area contributed by atoms with Crippen LogP contribution in [-0.2, 0) is 9.53 Å². The molecule has 0 saturated carbocycles. The lowest BCUT2D eigenvalue weighted by atomic mass is 10.0. The third kappa shape index (κ3) is 9.86. The Morgan fingerprint density at radius 2 is 1.67 bits per heavy atom. The highest BCUT2D eigenvalue weighted by atomic mass is 16.5. The van der Waals surface area contributed by atoms with Gasteiger partial charge in [0.2, 0.25) is 0 Å². The van der Waals surface area contributed by atoms with E-state index in [-0.39, 0.29) is 12.1 Å². The van der Waals surface area contributed by atoms with E-state index in [1.807, 2.05) is 0 Å². The molecule has 0 radical (unpaired) electrons. The molecule has 1 aliphatic rings. The molecule has 1 heterocycles. The second kappa shape index (κ2) is 12.0. The maximum absolute atomic E-state index is 10.9. The van der Waals surface area contributed by atoms with E-state index < -0.39 is 0 Å². The summed E-state index contributed by atoms with van der Waals surface area (Å²) in [6, 6.07) is 0. The van der Waals surface area contributed by atoms with Gasteiger partial charge in [0.05, 0.1) is 13.2 Å². The molecule has 0 unspecified atom stereocenters. The molecule has 1 aliphatic heterocycles. The summed E-state index contributed by atoms with van der Waals surface area (Å²) in [7, 11) is 1.44. The number of rotatable bonds is 11. The first-order valence-electron chi connectivity index (χ1n) is 8.69. The molecule has 1 fully saturated rings. The number of ether oxygens (including phenoxy) is 1. The standard InChI is InChI=1S/C17H33NO3/c1-21-17(20)12-8-5-3-2-4-7-11-16(19)15-18-13-9-6-10-14-18/h16,19H,2-15H2,1H3/t16-/m0/s1. The second-order valence-corrected chi connectivity index (χ2v) is 6.25. The SMILES string of the molecule is COC(=O)CCCCCCCC[C@H](O)CN1CCCCC1. The van der Waals surface area contributed by atoms with Gasteiger partial charge < -0.3 is 14.7 Å². The maximum Gasteiger partial charge on any atom is 0.305 e. The Labute approximate surface area is 129 Å². The number of carbonyl (C=O) groups is 1. The molecular weight excluding hydrogens is 266 g/mol. The number of β-amino-alcohol motifs (C(OH)–C–C–N with tert-alkyl or cyclic N) is 1. The monoisotopic (exact) mass is 299 g/mol. The van der Waals surface area contributed by atoms with Crippen LogP contribution in [0.4, 0.5) is 0 Å². The Bertz CT molecular complexity index is 265. The number of carbonyl (C=O) groups excluding carboxylic acids is 1. The number of unbranched alkanes of at least 4 members (excludes halogenated alkanes) is 5. The summed E-state index contributed by atoms with van der Waals surface area (Å²) in [5, 5.41) is 10.0. The second-order valence-electron chi connectivity index (χ2n) is 6.25. The summed E-state index contributed by atoms with van der Waals surface area (Å²) < 4.78 is 4.61. The molecular formula is C17H33NO3. The van der Waals surface area contributed by atoms with Gasteiger partial charge in [0, 0.05) is 13.0 Å². The van der Waals surface area contributed by atoms with E-state index in [0.29, 0.717) is 6.42 Å². The van der Waals surface area contributed by atoms with Crippen LogP contribution in [-0.4, -0.2) is 48.8 Å². The molecule has 1 atom stereocenters. The molecule has 0 amide bonds. The average Bonchev–Trinajstić information content (AvgIpc) is 2.50. The first kappa shape index (κ1) is 18.4. The fourth-order valence-corrected chi connectivity index (χ4v) is 2.99. The molecule has 1 N–H and O–H groups in total. The summed E-state index contributed by atoms with van der Waals surface area (Å²) >= 11 is 0. The maximum atomic E-state index is 10.9. The Kier molecular flexibility index (Phi) is 10.5. The van der Waals surface area contributed by atoms with Gasteiger partial charge in [-0.3, -0.25) is 4.79 Å². The summed E-state index contributed by atoms with van der Waals surface area (Å²) in [6.07, 6.45) is 12.0. The van der Waals surface area contributed by atoms with E-state index in [9.17, 15) is 9.90 Å². The number of hydrogen-bond acceptors (Lipinski definition) is 4. The van der Waals surface area contributed by atoms with Crippen LogP contribution >= 0.6 is 0 Å². The lowest BCUT2D eigenvalue weighted by molar-refractivity contribution is -0.140. The largest absolute Gasteiger partial charge is 0.469 e. The lowest BCUT2D eigenvalue weighted by Crippen LogP contribution is -2.36. The molecule has 21 heavy (non-hydrogen) atoms. The van der Waals surface area contributed by atoms with E-state index in [1.165, 1.54) is 45.6 Å². The van der Waals surface area contributed by atoms with Crippen molar-refractivity contribution in [3.63, 3.8) is 0 Å². The molecule has 1 saturated heterocycles. The molecule has 0 aromatic heterocycles. The van der Waals surface area contributed by atoms with Crippen molar-refractivity contribution in [1.82, 2.24) is 4.90 Å². The minimum Gasteiger partial charge on any atom is -0.469 e. The van der Waals surface area contributed by atoms with Crippen molar-refractivity contribution in [3.8, 4) is 0 Å². The zero-order chi connectivity index (χ0) is 15.3. The average molecular weight is 299 g/mol. The van der Waals surface area contributed by atoms with Crippen LogP contribution < -0.4 is 0 Å². The first-order valence-corrected chi connectivity index (χ1v) is 8.69. The lowest BCUT2D eigenvalue weighted by Gasteiger charge is -2.28. The van der Waals surface area contributed by atoms with Gasteiger partial charge in [-0.15, -0.1) is 0 Å². The van der Waals surface area contributed by atoms with Crippen LogP contribution in [0.15, 0.2) is 0 Å². The number of aliphatic hydroxyl groups is 1. The Balaban J connectivity index is 1.85. The zero-order valence-electron chi connectivity index (χ0n) is 13.7. The molecule has 4 heteroatoms. The van der Waals surface area contributed by atoms with Gasteiger partial charge in [-0.1, -0.05) is 38.5 Å². The van der Waals surface area contributed by atoms with Crippen LogP contribution in [0.1, 0.15) is 70.6 Å². The van der Waals surface area contributed by atoms with Crippen LogP contribution in [0.2, 0.25) is 0 Å². The molecule has 0 aromatic rings. The minimum atomic E-state index is -0.151. The number of nitrogens with zero attached hydrogens (tertiary/aromatic N) is 1. The molecule has 0 bridgehead atoms. The van der Waals surface area contributed by atoms with Crippen molar-refractivity contribution in [3.05, 3.63) is 0 Å². The number of aliphatic hydroxyl groups excluding tert-OH is 1. The molecule has 0 aromatic carbocycles. The normalized spacial score (nSPS) is 17.6. The molecule has 0 spiro atoms. The first-order chi connectivity index (χ1) is 10.2. The van der Waals surface area contributed by atoms with Gasteiger partial charge in [-0.2, -0.15) is 0 Å². The zero-order valence-corrected chi connectivity index (χ0v) is 13.7. The molecule has 124 valence electrons. The number of likely N-dealkylation sites (tertiary alicyclic amines) is 1. The van der Waals surface area contributed by atoms with Gasteiger partial charge in [0.25, 0.3) is 0 Å². The smallest absolute Gasteiger partial charge is 0.305 e. The fraction of sp³-hybridized carbons (Fsp3) is 0.941. The van der Waals surface area contributed by atoms with Crippen molar-refractivity contribution in [2.75, 3.05) is 26.7 Å². The van der Waals surface area contributed by atoms with Crippen LogP contribution in [0.5, 0.6) is 0 Å². The van der Waals surface area contributed by atoms with Gasteiger partial charge in [-0.25, -0.2) is 0 Å². The fourth-order valence-electron chi connectivity index (χ4n) is 2.99. The van der Waals surface area contributed by atoms with Crippen molar-refractivity contribution >= 4 is 5.97 Å². The Morgan fingerprint density at radius 3 is 2.33 bits per heavy atom.